The van der Waals surface area contributed by atoms with Gasteiger partial charge in [0.15, 0.2) is 0 Å². The summed E-state index contributed by atoms with van der Waals surface area (Å²) in [6.07, 6.45) is 0. The first-order chi connectivity index (χ1) is 11.0. The maximum atomic E-state index is 12.3. The molecule has 0 aromatic heterocycles. The van der Waals surface area contributed by atoms with Gasteiger partial charge in [0.05, 0.1) is 0 Å². The summed E-state index contributed by atoms with van der Waals surface area (Å²) in [6.45, 7) is 2.06. The van der Waals surface area contributed by atoms with Gasteiger partial charge in [-0.1, -0.05) is 55.5 Å². The molecule has 0 spiro atoms. The molecule has 0 saturated heterocycles. The number of nitrogens with one attached hydrogen (secondary N) is 1. The van der Waals surface area contributed by atoms with Gasteiger partial charge in [-0.2, -0.15) is 0 Å². The third-order valence-corrected chi connectivity index (χ3v) is 5.64. The Morgan fingerprint density at radius 1 is 1.13 bits per heavy atom. The molecule has 1 aliphatic rings. The van der Waals surface area contributed by atoms with E-state index >= 15 is 0 Å². The normalized spacial score (nSPS) is 20.5. The number of fused-ring (bicyclic) bond motifs is 1. The van der Waals surface area contributed by atoms with Crippen LogP contribution < -0.4 is 5.32 Å². The fraction of sp³-hybridized carbons (Fsp3) is 0.278. The Morgan fingerprint density at radius 3 is 2.52 bits per heavy atom. The molecule has 2 aromatic rings. The van der Waals surface area contributed by atoms with Gasteiger partial charge in [-0.05, 0) is 17.5 Å². The highest BCUT2D eigenvalue weighted by atomic mass is 32.2. The van der Waals surface area contributed by atoms with E-state index in [2.05, 4.69) is 12.2 Å². The molecule has 2 aromatic carbocycles. The van der Waals surface area contributed by atoms with Crippen molar-refractivity contribution >= 4 is 23.4 Å². The van der Waals surface area contributed by atoms with Gasteiger partial charge in [-0.3, -0.25) is 4.79 Å². The van der Waals surface area contributed by atoms with Crippen LogP contribution in [-0.4, -0.2) is 27.1 Å². The molecule has 3 N–H and O–H groups in total. The molecule has 0 radical (unpaired) electrons. The number of aliphatic hydroxyl groups is 2. The van der Waals surface area contributed by atoms with Crippen LogP contribution >= 0.6 is 11.8 Å². The van der Waals surface area contributed by atoms with E-state index in [0.717, 1.165) is 5.56 Å². The zero-order valence-corrected chi connectivity index (χ0v) is 13.6. The van der Waals surface area contributed by atoms with E-state index in [-0.39, 0.29) is 11.8 Å². The lowest BCUT2D eigenvalue weighted by atomic mass is 9.96. The van der Waals surface area contributed by atoms with Gasteiger partial charge < -0.3 is 15.5 Å². The van der Waals surface area contributed by atoms with Gasteiger partial charge in [0.25, 0.3) is 0 Å². The molecule has 0 bridgehead atoms. The highest BCUT2D eigenvalue weighted by Gasteiger charge is 2.47. The van der Waals surface area contributed by atoms with E-state index < -0.39 is 11.0 Å². The maximum absolute atomic E-state index is 12.3. The highest BCUT2D eigenvalue weighted by Crippen LogP contribution is 2.40. The lowest BCUT2D eigenvalue weighted by molar-refractivity contribution is -0.174. The number of thioether (sulfide) groups is 1. The smallest absolute Gasteiger partial charge is 0.243 e. The monoisotopic (exact) mass is 329 g/mol. The van der Waals surface area contributed by atoms with Crippen LogP contribution in [0.5, 0.6) is 0 Å². The zero-order valence-electron chi connectivity index (χ0n) is 12.8. The van der Waals surface area contributed by atoms with Crippen LogP contribution in [0.4, 0.5) is 5.69 Å². The van der Waals surface area contributed by atoms with E-state index in [1.165, 1.54) is 11.8 Å². The predicted octanol–water partition coefficient (Wildman–Crippen LogP) is 2.68. The molecule has 3 rings (SSSR count). The fourth-order valence-electron chi connectivity index (χ4n) is 2.75. The number of anilines is 1. The lowest BCUT2D eigenvalue weighted by Gasteiger charge is -2.36. The minimum atomic E-state index is -2.17. The second-order valence-electron chi connectivity index (χ2n) is 5.79. The Balaban J connectivity index is 1.77. The van der Waals surface area contributed by atoms with Crippen molar-refractivity contribution in [2.45, 2.75) is 23.9 Å². The molecule has 23 heavy (non-hydrogen) atoms. The number of hydrogen-bond acceptors (Lipinski definition) is 4. The number of carbonyl (C=O) groups is 1. The van der Waals surface area contributed by atoms with E-state index in [1.807, 2.05) is 30.3 Å². The summed E-state index contributed by atoms with van der Waals surface area (Å²) in [5.74, 6) is -1.71. The lowest BCUT2D eigenvalue weighted by Crippen LogP contribution is -2.49. The first kappa shape index (κ1) is 16.1. The van der Waals surface area contributed by atoms with E-state index in [4.69, 9.17) is 0 Å². The average Bonchev–Trinajstić information content (AvgIpc) is 2.55. The molecular weight excluding hydrogens is 310 g/mol. The Labute approximate surface area is 139 Å². The quantitative estimate of drug-likeness (QED) is 0.754. The second kappa shape index (κ2) is 6.35. The van der Waals surface area contributed by atoms with Gasteiger partial charge in [0.2, 0.25) is 11.7 Å². The topological polar surface area (TPSA) is 69.6 Å². The summed E-state index contributed by atoms with van der Waals surface area (Å²) in [6, 6.07) is 16.8. The SMILES string of the molecule is CC(CSC1C(=O)Nc2ccccc2C1(O)O)c1ccccc1. The Hall–Kier alpha value is -1.82. The van der Waals surface area contributed by atoms with Crippen molar-refractivity contribution in [2.75, 3.05) is 11.1 Å². The number of benzene rings is 2. The molecule has 2 atom stereocenters. The zero-order chi connectivity index (χ0) is 16.4. The van der Waals surface area contributed by atoms with Crippen molar-refractivity contribution < 1.29 is 15.0 Å². The van der Waals surface area contributed by atoms with Crippen LogP contribution in [0, 0.1) is 0 Å². The molecule has 0 saturated carbocycles. The Bertz CT molecular complexity index is 702. The van der Waals surface area contributed by atoms with Crippen LogP contribution in [0.3, 0.4) is 0 Å². The minimum absolute atomic E-state index is 0.210. The van der Waals surface area contributed by atoms with Gasteiger partial charge >= 0.3 is 0 Å². The van der Waals surface area contributed by atoms with Crippen molar-refractivity contribution in [2.24, 2.45) is 0 Å². The highest BCUT2D eigenvalue weighted by molar-refractivity contribution is 8.00. The average molecular weight is 329 g/mol. The maximum Gasteiger partial charge on any atom is 0.243 e. The molecule has 5 heteroatoms. The fourth-order valence-corrected chi connectivity index (χ4v) is 3.99. The number of amides is 1. The molecule has 1 aliphatic heterocycles. The molecule has 4 nitrogen and oxygen atoms in total. The van der Waals surface area contributed by atoms with Crippen LogP contribution in [-0.2, 0) is 10.6 Å². The van der Waals surface area contributed by atoms with Crippen molar-refractivity contribution in [1.82, 2.24) is 0 Å². The summed E-state index contributed by atoms with van der Waals surface area (Å²) < 4.78 is 0. The molecule has 1 heterocycles. The summed E-state index contributed by atoms with van der Waals surface area (Å²) in [4.78, 5) is 12.3. The molecule has 0 fully saturated rings. The number of carbonyl (C=O) groups excluding carboxylic acids is 1. The molecular formula is C18H19NO3S. The third kappa shape index (κ3) is 3.13. The van der Waals surface area contributed by atoms with E-state index in [9.17, 15) is 15.0 Å². The third-order valence-electron chi connectivity index (χ3n) is 4.07. The molecule has 0 aliphatic carbocycles. The van der Waals surface area contributed by atoms with Crippen molar-refractivity contribution in [1.29, 1.82) is 0 Å². The van der Waals surface area contributed by atoms with Gasteiger partial charge in [-0.25, -0.2) is 0 Å². The number of para-hydroxylation sites is 1. The molecule has 1 amide bonds. The minimum Gasteiger partial charge on any atom is -0.361 e. The van der Waals surface area contributed by atoms with Crippen LogP contribution in [0.15, 0.2) is 54.6 Å². The first-order valence-electron chi connectivity index (χ1n) is 7.52. The summed E-state index contributed by atoms with van der Waals surface area (Å²) in [5, 5.41) is 22.8. The van der Waals surface area contributed by atoms with Crippen molar-refractivity contribution in [3.05, 3.63) is 65.7 Å². The van der Waals surface area contributed by atoms with Gasteiger partial charge in [-0.15, -0.1) is 11.8 Å². The Morgan fingerprint density at radius 2 is 1.78 bits per heavy atom. The predicted molar refractivity (Wildman–Crippen MR) is 92.3 cm³/mol. The van der Waals surface area contributed by atoms with Crippen molar-refractivity contribution in [3.8, 4) is 0 Å². The van der Waals surface area contributed by atoms with E-state index in [1.54, 1.807) is 24.3 Å². The van der Waals surface area contributed by atoms with Crippen molar-refractivity contribution in [3.63, 3.8) is 0 Å². The van der Waals surface area contributed by atoms with Crippen LogP contribution in [0.1, 0.15) is 24.0 Å². The summed E-state index contributed by atoms with van der Waals surface area (Å²) in [5.41, 5.74) is 1.96. The number of rotatable bonds is 4. The standard InChI is InChI=1S/C18H19NO3S/c1-12(13-7-3-2-4-8-13)11-23-16-17(20)19-15-10-6-5-9-14(15)18(16,21)22/h2-10,12,16,21-22H,11H2,1H3,(H,19,20). The van der Waals surface area contributed by atoms with Crippen LogP contribution in [0.2, 0.25) is 0 Å². The van der Waals surface area contributed by atoms with Gasteiger partial charge in [0, 0.05) is 17.0 Å². The molecule has 120 valence electrons. The summed E-state index contributed by atoms with van der Waals surface area (Å²) >= 11 is 1.27. The summed E-state index contributed by atoms with van der Waals surface area (Å²) in [7, 11) is 0. The largest absolute Gasteiger partial charge is 0.361 e. The first-order valence-corrected chi connectivity index (χ1v) is 8.56. The number of hydrogen-bond donors (Lipinski definition) is 3. The Kier molecular flexibility index (Phi) is 4.43. The van der Waals surface area contributed by atoms with E-state index in [0.29, 0.717) is 17.0 Å². The second-order valence-corrected chi connectivity index (χ2v) is 6.92. The molecule has 2 unspecified atom stereocenters. The van der Waals surface area contributed by atoms with Gasteiger partial charge in [0.1, 0.15) is 5.25 Å². The van der Waals surface area contributed by atoms with Crippen LogP contribution in [0.25, 0.3) is 0 Å².